The Labute approximate surface area is 176 Å². The fourth-order valence-corrected chi connectivity index (χ4v) is 3.48. The van der Waals surface area contributed by atoms with Crippen LogP contribution in [0.3, 0.4) is 0 Å². The molecule has 0 fully saturated rings. The number of hydrogen-bond acceptors (Lipinski definition) is 1. The number of benzene rings is 3. The van der Waals surface area contributed by atoms with E-state index in [1.165, 1.54) is 28.7 Å². The van der Waals surface area contributed by atoms with Gasteiger partial charge in [0.1, 0.15) is 0 Å². The van der Waals surface area contributed by atoms with Crippen LogP contribution in [0.4, 0.5) is 0 Å². The third-order valence-electron chi connectivity index (χ3n) is 5.23. The summed E-state index contributed by atoms with van der Waals surface area (Å²) in [7, 11) is 0. The summed E-state index contributed by atoms with van der Waals surface area (Å²) in [6, 6.07) is 32.2. The van der Waals surface area contributed by atoms with E-state index in [9.17, 15) is 0 Å². The zero-order valence-corrected chi connectivity index (χ0v) is 17.3. The molecule has 0 heterocycles. The summed E-state index contributed by atoms with van der Waals surface area (Å²) in [4.78, 5) is 0. The Morgan fingerprint density at radius 1 is 0.552 bits per heavy atom. The molecular formula is C28H32O. The highest BCUT2D eigenvalue weighted by molar-refractivity contribution is 5.19. The maximum atomic E-state index is 5.95. The van der Waals surface area contributed by atoms with Crippen molar-refractivity contribution in [3.8, 4) is 0 Å². The molecule has 1 heteroatoms. The number of ether oxygens (including phenoxy) is 1. The van der Waals surface area contributed by atoms with Gasteiger partial charge in [-0.25, -0.2) is 0 Å². The van der Waals surface area contributed by atoms with Crippen molar-refractivity contribution in [2.45, 2.75) is 44.9 Å². The van der Waals surface area contributed by atoms with Gasteiger partial charge in [-0.1, -0.05) is 91.0 Å². The summed E-state index contributed by atoms with van der Waals surface area (Å²) >= 11 is 0. The molecule has 1 nitrogen and oxygen atoms in total. The first-order chi connectivity index (χ1) is 14.4. The SMILES string of the molecule is C(OCCCCc1ccccc1)=C(CCc1ccccc1)CCc1ccccc1. The fraction of sp³-hybridized carbons (Fsp3) is 0.286. The van der Waals surface area contributed by atoms with E-state index in [0.717, 1.165) is 45.1 Å². The van der Waals surface area contributed by atoms with E-state index < -0.39 is 0 Å². The predicted octanol–water partition coefficient (Wildman–Crippen LogP) is 7.18. The van der Waals surface area contributed by atoms with Crippen LogP contribution >= 0.6 is 0 Å². The molecule has 0 aliphatic rings. The van der Waals surface area contributed by atoms with Crippen LogP contribution in [-0.2, 0) is 24.0 Å². The van der Waals surface area contributed by atoms with Gasteiger partial charge in [0, 0.05) is 0 Å². The number of aryl methyl sites for hydroxylation is 3. The van der Waals surface area contributed by atoms with E-state index in [2.05, 4.69) is 91.0 Å². The third kappa shape index (κ3) is 8.39. The molecule has 0 radical (unpaired) electrons. The summed E-state index contributed by atoms with van der Waals surface area (Å²) in [6.45, 7) is 0.799. The van der Waals surface area contributed by atoms with Crippen molar-refractivity contribution in [1.82, 2.24) is 0 Å². The average molecular weight is 385 g/mol. The predicted molar refractivity (Wildman–Crippen MR) is 123 cm³/mol. The average Bonchev–Trinajstić information content (AvgIpc) is 2.79. The van der Waals surface area contributed by atoms with Crippen molar-refractivity contribution in [3.05, 3.63) is 120 Å². The van der Waals surface area contributed by atoms with Gasteiger partial charge >= 0.3 is 0 Å². The molecule has 3 aromatic rings. The van der Waals surface area contributed by atoms with Gasteiger partial charge in [0.25, 0.3) is 0 Å². The first-order valence-electron chi connectivity index (χ1n) is 10.8. The van der Waals surface area contributed by atoms with Crippen LogP contribution in [0.15, 0.2) is 103 Å². The van der Waals surface area contributed by atoms with E-state index in [4.69, 9.17) is 4.74 Å². The van der Waals surface area contributed by atoms with Crippen molar-refractivity contribution in [2.75, 3.05) is 6.61 Å². The van der Waals surface area contributed by atoms with Gasteiger partial charge in [0.2, 0.25) is 0 Å². The monoisotopic (exact) mass is 384 g/mol. The topological polar surface area (TPSA) is 9.23 Å². The largest absolute Gasteiger partial charge is 0.501 e. The molecule has 0 unspecified atom stereocenters. The second-order valence-electron chi connectivity index (χ2n) is 7.56. The quantitative estimate of drug-likeness (QED) is 0.237. The summed E-state index contributed by atoms with van der Waals surface area (Å²) < 4.78 is 5.95. The molecule has 0 saturated carbocycles. The van der Waals surface area contributed by atoms with Crippen LogP contribution < -0.4 is 0 Å². The molecule has 0 atom stereocenters. The fourth-order valence-electron chi connectivity index (χ4n) is 3.48. The normalized spacial score (nSPS) is 10.5. The van der Waals surface area contributed by atoms with Crippen LogP contribution in [-0.4, -0.2) is 6.61 Å². The lowest BCUT2D eigenvalue weighted by molar-refractivity contribution is 0.237. The van der Waals surface area contributed by atoms with Crippen molar-refractivity contribution in [1.29, 1.82) is 0 Å². The maximum Gasteiger partial charge on any atom is 0.0873 e. The Morgan fingerprint density at radius 2 is 1.00 bits per heavy atom. The highest BCUT2D eigenvalue weighted by Gasteiger charge is 2.02. The minimum atomic E-state index is 0.799. The minimum absolute atomic E-state index is 0.799. The molecule has 29 heavy (non-hydrogen) atoms. The van der Waals surface area contributed by atoms with Crippen molar-refractivity contribution < 1.29 is 4.74 Å². The molecular weight excluding hydrogens is 352 g/mol. The summed E-state index contributed by atoms with van der Waals surface area (Å²) in [6.07, 6.45) is 9.67. The molecule has 0 N–H and O–H groups in total. The standard InChI is InChI=1S/C28H32O/c1-4-12-25(13-5-1)18-10-11-23-29-24-28(21-19-26-14-6-2-7-15-26)22-20-27-16-8-3-9-17-27/h1-9,12-17,24H,10-11,18-23H2. The number of rotatable bonds is 12. The summed E-state index contributed by atoms with van der Waals surface area (Å²) in [5.74, 6) is 0. The molecule has 3 rings (SSSR count). The molecule has 0 bridgehead atoms. The Balaban J connectivity index is 1.45. The van der Waals surface area contributed by atoms with Gasteiger partial charge in [-0.3, -0.25) is 0 Å². The Bertz CT molecular complexity index is 776. The molecule has 3 aromatic carbocycles. The lowest BCUT2D eigenvalue weighted by atomic mass is 9.99. The van der Waals surface area contributed by atoms with Gasteiger partial charge in [0.05, 0.1) is 12.9 Å². The highest BCUT2D eigenvalue weighted by atomic mass is 16.5. The minimum Gasteiger partial charge on any atom is -0.501 e. The summed E-state index contributed by atoms with van der Waals surface area (Å²) in [5.41, 5.74) is 5.59. The lowest BCUT2D eigenvalue weighted by Gasteiger charge is -2.10. The maximum absolute atomic E-state index is 5.95. The molecule has 150 valence electrons. The molecule has 0 aromatic heterocycles. The lowest BCUT2D eigenvalue weighted by Crippen LogP contribution is -1.96. The van der Waals surface area contributed by atoms with Gasteiger partial charge in [-0.2, -0.15) is 0 Å². The number of hydrogen-bond donors (Lipinski definition) is 0. The van der Waals surface area contributed by atoms with Gasteiger partial charge in [-0.15, -0.1) is 0 Å². The van der Waals surface area contributed by atoms with Gasteiger partial charge in [-0.05, 0) is 67.2 Å². The van der Waals surface area contributed by atoms with Crippen LogP contribution in [0.2, 0.25) is 0 Å². The van der Waals surface area contributed by atoms with Crippen LogP contribution in [0, 0.1) is 0 Å². The smallest absolute Gasteiger partial charge is 0.0873 e. The first-order valence-corrected chi connectivity index (χ1v) is 10.8. The van der Waals surface area contributed by atoms with Crippen molar-refractivity contribution in [2.24, 2.45) is 0 Å². The van der Waals surface area contributed by atoms with Crippen LogP contribution in [0.5, 0.6) is 0 Å². The summed E-state index contributed by atoms with van der Waals surface area (Å²) in [5, 5.41) is 0. The van der Waals surface area contributed by atoms with E-state index in [1.807, 2.05) is 6.26 Å². The van der Waals surface area contributed by atoms with Gasteiger partial charge < -0.3 is 4.74 Å². The zero-order chi connectivity index (χ0) is 20.0. The number of unbranched alkanes of at least 4 members (excludes halogenated alkanes) is 1. The first kappa shape index (κ1) is 20.9. The van der Waals surface area contributed by atoms with Gasteiger partial charge in [0.15, 0.2) is 0 Å². The van der Waals surface area contributed by atoms with Crippen LogP contribution in [0.1, 0.15) is 42.4 Å². The van der Waals surface area contributed by atoms with Crippen molar-refractivity contribution in [3.63, 3.8) is 0 Å². The molecule has 0 saturated heterocycles. The second-order valence-corrected chi connectivity index (χ2v) is 7.56. The van der Waals surface area contributed by atoms with Crippen LogP contribution in [0.25, 0.3) is 0 Å². The Morgan fingerprint density at radius 3 is 1.48 bits per heavy atom. The van der Waals surface area contributed by atoms with E-state index >= 15 is 0 Å². The van der Waals surface area contributed by atoms with E-state index in [-0.39, 0.29) is 0 Å². The molecule has 0 aliphatic carbocycles. The Kier molecular flexibility index (Phi) is 9.10. The zero-order valence-electron chi connectivity index (χ0n) is 17.3. The second kappa shape index (κ2) is 12.6. The highest BCUT2D eigenvalue weighted by Crippen LogP contribution is 2.16. The number of allylic oxidation sites excluding steroid dienone is 1. The van der Waals surface area contributed by atoms with E-state index in [0.29, 0.717) is 0 Å². The third-order valence-corrected chi connectivity index (χ3v) is 5.23. The molecule has 0 spiro atoms. The Hall–Kier alpha value is -2.80. The molecule has 0 amide bonds. The molecule has 0 aliphatic heterocycles. The van der Waals surface area contributed by atoms with E-state index in [1.54, 1.807) is 0 Å². The van der Waals surface area contributed by atoms with Crippen molar-refractivity contribution >= 4 is 0 Å².